The summed E-state index contributed by atoms with van der Waals surface area (Å²) in [5.41, 5.74) is 2.61. The first-order valence-electron chi connectivity index (χ1n) is 10.1. The van der Waals surface area contributed by atoms with Gasteiger partial charge in [0, 0.05) is 6.54 Å². The van der Waals surface area contributed by atoms with E-state index in [0.29, 0.717) is 24.6 Å². The first-order chi connectivity index (χ1) is 15.0. The molecule has 2 aliphatic heterocycles. The van der Waals surface area contributed by atoms with Crippen molar-refractivity contribution in [1.29, 1.82) is 0 Å². The van der Waals surface area contributed by atoms with Crippen LogP contribution >= 0.6 is 0 Å². The highest BCUT2D eigenvalue weighted by Gasteiger charge is 2.46. The molecule has 0 saturated carbocycles. The topological polar surface area (TPSA) is 84.7 Å². The quantitative estimate of drug-likeness (QED) is 0.566. The van der Waals surface area contributed by atoms with E-state index >= 15 is 0 Å². The molecule has 9 heteroatoms. The van der Waals surface area contributed by atoms with Crippen molar-refractivity contribution in [3.63, 3.8) is 0 Å². The number of sulfone groups is 1. The van der Waals surface area contributed by atoms with Crippen LogP contribution in [-0.2, 0) is 34.4 Å². The molecule has 0 N–H and O–H groups in total. The van der Waals surface area contributed by atoms with Crippen molar-refractivity contribution in [2.45, 2.75) is 30.6 Å². The van der Waals surface area contributed by atoms with Crippen LogP contribution in [0.2, 0.25) is 0 Å². The molecule has 3 aromatic rings. The van der Waals surface area contributed by atoms with Gasteiger partial charge in [-0.25, -0.2) is 18.2 Å². The third kappa shape index (κ3) is 3.70. The molecule has 1 fully saturated rings. The fourth-order valence-electron chi connectivity index (χ4n) is 4.04. The number of urea groups is 1. The SMILES string of the molecule is O=C1N2Cc3c(ncn3CCS(=O)(=O)c3ccccc3)C(C2)N1OCc1ccccc1. The van der Waals surface area contributed by atoms with Crippen LogP contribution in [0.3, 0.4) is 0 Å². The van der Waals surface area contributed by atoms with Crippen LogP contribution in [0.15, 0.2) is 71.9 Å². The fourth-order valence-corrected chi connectivity index (χ4v) is 5.28. The highest BCUT2D eigenvalue weighted by molar-refractivity contribution is 7.91. The van der Waals surface area contributed by atoms with Gasteiger partial charge in [0.05, 0.1) is 41.5 Å². The molecular formula is C22H22N4O4S. The van der Waals surface area contributed by atoms with Crippen molar-refractivity contribution in [2.24, 2.45) is 0 Å². The molecule has 1 atom stereocenters. The molecule has 2 aliphatic rings. The lowest BCUT2D eigenvalue weighted by molar-refractivity contribution is -0.142. The normalized spacial score (nSPS) is 17.8. The van der Waals surface area contributed by atoms with Gasteiger partial charge in [-0.2, -0.15) is 5.06 Å². The van der Waals surface area contributed by atoms with Crippen molar-refractivity contribution in [3.8, 4) is 0 Å². The molecule has 160 valence electrons. The largest absolute Gasteiger partial charge is 0.345 e. The molecule has 0 spiro atoms. The van der Waals surface area contributed by atoms with Crippen molar-refractivity contribution < 1.29 is 18.0 Å². The maximum Gasteiger partial charge on any atom is 0.345 e. The average molecular weight is 439 g/mol. The number of hydrogen-bond donors (Lipinski definition) is 0. The number of imidazole rings is 1. The number of carbonyl (C=O) groups excluding carboxylic acids is 1. The third-order valence-electron chi connectivity index (χ3n) is 5.69. The van der Waals surface area contributed by atoms with Crippen LogP contribution in [0, 0.1) is 0 Å². The average Bonchev–Trinajstić information content (AvgIpc) is 3.32. The van der Waals surface area contributed by atoms with Crippen molar-refractivity contribution in [3.05, 3.63) is 83.9 Å². The number of carbonyl (C=O) groups is 1. The molecular weight excluding hydrogens is 416 g/mol. The predicted octanol–water partition coefficient (Wildman–Crippen LogP) is 2.78. The number of amides is 2. The van der Waals surface area contributed by atoms with Crippen molar-refractivity contribution in [1.82, 2.24) is 19.5 Å². The second-order valence-electron chi connectivity index (χ2n) is 7.67. The predicted molar refractivity (Wildman–Crippen MR) is 112 cm³/mol. The van der Waals surface area contributed by atoms with Gasteiger partial charge < -0.3 is 9.47 Å². The van der Waals surface area contributed by atoms with Crippen LogP contribution in [0.25, 0.3) is 0 Å². The van der Waals surface area contributed by atoms with Crippen LogP contribution in [-0.4, -0.2) is 46.3 Å². The van der Waals surface area contributed by atoms with Gasteiger partial charge in [-0.05, 0) is 17.7 Å². The second-order valence-corrected chi connectivity index (χ2v) is 9.77. The van der Waals surface area contributed by atoms with Crippen molar-refractivity contribution in [2.75, 3.05) is 12.3 Å². The molecule has 1 aromatic heterocycles. The minimum Gasteiger partial charge on any atom is -0.332 e. The Morgan fingerprint density at radius 2 is 1.74 bits per heavy atom. The first kappa shape index (κ1) is 19.8. The van der Waals surface area contributed by atoms with E-state index < -0.39 is 9.84 Å². The number of hydroxylamine groups is 2. The molecule has 2 aromatic carbocycles. The third-order valence-corrected chi connectivity index (χ3v) is 7.40. The Labute approximate surface area is 180 Å². The molecule has 8 nitrogen and oxygen atoms in total. The molecule has 31 heavy (non-hydrogen) atoms. The van der Waals surface area contributed by atoms with E-state index in [2.05, 4.69) is 4.98 Å². The Kier molecular flexibility index (Phi) is 4.99. The Bertz CT molecular complexity index is 1190. The minimum absolute atomic E-state index is 0.0351. The van der Waals surface area contributed by atoms with Crippen LogP contribution in [0.5, 0.6) is 0 Å². The van der Waals surface area contributed by atoms with Crippen LogP contribution < -0.4 is 0 Å². The Hall–Kier alpha value is -3.17. The zero-order valence-electron chi connectivity index (χ0n) is 16.8. The zero-order chi connectivity index (χ0) is 21.4. The van der Waals surface area contributed by atoms with E-state index in [0.717, 1.165) is 17.0 Å². The molecule has 2 bridgehead atoms. The van der Waals surface area contributed by atoms with E-state index in [4.69, 9.17) is 4.84 Å². The molecule has 0 aliphatic carbocycles. The second kappa shape index (κ2) is 7.82. The molecule has 1 saturated heterocycles. The molecule has 1 unspecified atom stereocenters. The van der Waals surface area contributed by atoms with E-state index in [1.807, 2.05) is 34.9 Å². The zero-order valence-corrected chi connectivity index (χ0v) is 17.6. The number of nitrogens with zero attached hydrogens (tertiary/aromatic N) is 4. The standard InChI is InChI=1S/C22H22N4O4S/c27-22-25-13-19-21(20(14-25)26(22)30-15-17-7-3-1-4-8-17)23-16-24(19)11-12-31(28,29)18-9-5-2-6-10-18/h1-10,16,20H,11-15H2. The Morgan fingerprint density at radius 1 is 1.03 bits per heavy atom. The van der Waals surface area contributed by atoms with Crippen LogP contribution in [0.1, 0.15) is 23.0 Å². The summed E-state index contributed by atoms with van der Waals surface area (Å²) in [5, 5.41) is 1.40. The summed E-state index contributed by atoms with van der Waals surface area (Å²) in [5.74, 6) is -0.0351. The summed E-state index contributed by atoms with van der Waals surface area (Å²) < 4.78 is 27.1. The number of hydrogen-bond acceptors (Lipinski definition) is 5. The molecule has 5 rings (SSSR count). The van der Waals surface area contributed by atoms with Gasteiger partial charge in [-0.1, -0.05) is 48.5 Å². The van der Waals surface area contributed by atoms with Crippen molar-refractivity contribution >= 4 is 15.9 Å². The number of benzene rings is 2. The monoisotopic (exact) mass is 438 g/mol. The highest BCUT2D eigenvalue weighted by Crippen LogP contribution is 2.37. The lowest BCUT2D eigenvalue weighted by Crippen LogP contribution is -2.31. The number of aromatic nitrogens is 2. The van der Waals surface area contributed by atoms with Gasteiger partial charge in [0.1, 0.15) is 12.6 Å². The van der Waals surface area contributed by atoms with Gasteiger partial charge in [-0.15, -0.1) is 0 Å². The van der Waals surface area contributed by atoms with Gasteiger partial charge in [0.25, 0.3) is 0 Å². The Morgan fingerprint density at radius 3 is 2.48 bits per heavy atom. The lowest BCUT2D eigenvalue weighted by Gasteiger charge is -2.23. The van der Waals surface area contributed by atoms with Gasteiger partial charge in [-0.3, -0.25) is 4.84 Å². The Balaban J connectivity index is 1.32. The van der Waals surface area contributed by atoms with Crippen LogP contribution in [0.4, 0.5) is 4.79 Å². The van der Waals surface area contributed by atoms with Gasteiger partial charge in [0.15, 0.2) is 9.84 Å². The van der Waals surface area contributed by atoms with Gasteiger partial charge in [0.2, 0.25) is 0 Å². The fraction of sp³-hybridized carbons (Fsp3) is 0.273. The molecule has 0 radical (unpaired) electrons. The van der Waals surface area contributed by atoms with Gasteiger partial charge >= 0.3 is 6.03 Å². The molecule has 3 heterocycles. The summed E-state index contributed by atoms with van der Waals surface area (Å²) in [7, 11) is -3.40. The van der Waals surface area contributed by atoms with E-state index in [-0.39, 0.29) is 24.4 Å². The summed E-state index contributed by atoms with van der Waals surface area (Å²) in [6.45, 7) is 1.47. The molecule has 2 amide bonds. The van der Waals surface area contributed by atoms with E-state index in [1.54, 1.807) is 41.6 Å². The minimum atomic E-state index is -3.40. The number of rotatable bonds is 7. The number of fused-ring (bicyclic) bond motifs is 4. The smallest absolute Gasteiger partial charge is 0.332 e. The summed E-state index contributed by atoms with van der Waals surface area (Å²) in [6, 6.07) is 17.6. The lowest BCUT2D eigenvalue weighted by atomic mass is 10.1. The van der Waals surface area contributed by atoms with E-state index in [1.165, 1.54) is 5.06 Å². The number of aryl methyl sites for hydroxylation is 1. The summed E-state index contributed by atoms with van der Waals surface area (Å²) in [6.07, 6.45) is 1.66. The maximum absolute atomic E-state index is 12.8. The maximum atomic E-state index is 12.8. The summed E-state index contributed by atoms with van der Waals surface area (Å²) >= 11 is 0. The summed E-state index contributed by atoms with van der Waals surface area (Å²) in [4.78, 5) is 25.2. The van der Waals surface area contributed by atoms with E-state index in [9.17, 15) is 13.2 Å². The highest BCUT2D eigenvalue weighted by atomic mass is 32.2. The first-order valence-corrected chi connectivity index (χ1v) is 11.7.